The lowest BCUT2D eigenvalue weighted by atomic mass is 9.99. The van der Waals surface area contributed by atoms with Crippen LogP contribution in [0.25, 0.3) is 0 Å². The summed E-state index contributed by atoms with van der Waals surface area (Å²) in [6, 6.07) is 16.6. The van der Waals surface area contributed by atoms with Crippen LogP contribution in [-0.4, -0.2) is 5.17 Å². The van der Waals surface area contributed by atoms with E-state index in [9.17, 15) is 0 Å². The first kappa shape index (κ1) is 17.1. The maximum absolute atomic E-state index is 6.01. The molecule has 0 saturated carbocycles. The van der Waals surface area contributed by atoms with Crippen LogP contribution in [0.15, 0.2) is 58.0 Å². The van der Waals surface area contributed by atoms with E-state index in [0.29, 0.717) is 11.1 Å². The minimum atomic E-state index is 0.585. The molecular formula is C18H21BrN2S. The third kappa shape index (κ3) is 5.18. The lowest BCUT2D eigenvalue weighted by Crippen LogP contribution is -2.06. The molecule has 116 valence electrons. The van der Waals surface area contributed by atoms with Crippen LogP contribution < -0.4 is 5.73 Å². The molecule has 0 saturated heterocycles. The molecule has 2 aromatic rings. The van der Waals surface area contributed by atoms with Crippen molar-refractivity contribution in [1.82, 2.24) is 0 Å². The molecule has 0 spiro atoms. The summed E-state index contributed by atoms with van der Waals surface area (Å²) < 4.78 is 1.09. The number of hydrogen-bond acceptors (Lipinski definition) is 2. The van der Waals surface area contributed by atoms with Crippen LogP contribution in [0.5, 0.6) is 0 Å². The molecule has 0 amide bonds. The number of thioether (sulfide) groups is 1. The normalized spacial score (nSPS) is 13.1. The minimum absolute atomic E-state index is 0.585. The molecule has 2 N–H and O–H groups in total. The summed E-state index contributed by atoms with van der Waals surface area (Å²) in [6.07, 6.45) is 1.15. The monoisotopic (exact) mass is 376 g/mol. The van der Waals surface area contributed by atoms with Crippen LogP contribution in [0.1, 0.15) is 37.3 Å². The Morgan fingerprint density at radius 1 is 1.14 bits per heavy atom. The molecule has 0 bridgehead atoms. The second-order valence-corrected chi connectivity index (χ2v) is 7.18. The van der Waals surface area contributed by atoms with Gasteiger partial charge in [-0.25, -0.2) is 4.99 Å². The van der Waals surface area contributed by atoms with E-state index in [1.165, 1.54) is 11.1 Å². The van der Waals surface area contributed by atoms with Gasteiger partial charge in [0.15, 0.2) is 5.17 Å². The molecule has 0 heterocycles. The highest BCUT2D eigenvalue weighted by molar-refractivity contribution is 9.10. The van der Waals surface area contributed by atoms with Crippen molar-refractivity contribution < 1.29 is 0 Å². The van der Waals surface area contributed by atoms with Gasteiger partial charge in [-0.3, -0.25) is 0 Å². The molecule has 0 unspecified atom stereocenters. The third-order valence-corrected chi connectivity index (χ3v) is 5.01. The van der Waals surface area contributed by atoms with Crippen molar-refractivity contribution in [3.63, 3.8) is 0 Å². The van der Waals surface area contributed by atoms with Crippen molar-refractivity contribution in [2.45, 2.75) is 31.9 Å². The van der Waals surface area contributed by atoms with Crippen molar-refractivity contribution in [3.8, 4) is 0 Å². The van der Waals surface area contributed by atoms with Gasteiger partial charge in [-0.05, 0) is 47.7 Å². The zero-order valence-corrected chi connectivity index (χ0v) is 15.3. The number of aliphatic imine (C=N–C) groups is 1. The van der Waals surface area contributed by atoms with E-state index >= 15 is 0 Å². The van der Waals surface area contributed by atoms with Crippen LogP contribution in [0.4, 0.5) is 5.69 Å². The number of nitrogens with two attached hydrogens (primary N) is 1. The highest BCUT2D eigenvalue weighted by atomic mass is 79.9. The molecule has 0 aliphatic carbocycles. The molecule has 2 rings (SSSR count). The van der Waals surface area contributed by atoms with E-state index in [1.54, 1.807) is 11.8 Å². The lowest BCUT2D eigenvalue weighted by molar-refractivity contribution is 0.734. The molecule has 0 aliphatic rings. The highest BCUT2D eigenvalue weighted by Crippen LogP contribution is 2.23. The quantitative estimate of drug-likeness (QED) is 0.525. The highest BCUT2D eigenvalue weighted by Gasteiger charge is 2.03. The van der Waals surface area contributed by atoms with Crippen LogP contribution in [-0.2, 0) is 5.75 Å². The molecule has 1 atom stereocenters. The Labute approximate surface area is 145 Å². The van der Waals surface area contributed by atoms with Gasteiger partial charge in [-0.1, -0.05) is 65.8 Å². The van der Waals surface area contributed by atoms with Crippen LogP contribution >= 0.6 is 27.7 Å². The summed E-state index contributed by atoms with van der Waals surface area (Å²) in [5.74, 6) is 1.41. The van der Waals surface area contributed by atoms with Gasteiger partial charge in [-0.15, -0.1) is 0 Å². The molecular weight excluding hydrogens is 356 g/mol. The van der Waals surface area contributed by atoms with Gasteiger partial charge in [0.05, 0.1) is 5.69 Å². The Morgan fingerprint density at radius 2 is 1.77 bits per heavy atom. The molecule has 22 heavy (non-hydrogen) atoms. The third-order valence-electron chi connectivity index (χ3n) is 3.61. The Morgan fingerprint density at radius 3 is 2.36 bits per heavy atom. The van der Waals surface area contributed by atoms with E-state index in [1.807, 2.05) is 24.3 Å². The first-order valence-electron chi connectivity index (χ1n) is 7.40. The fraction of sp³-hybridized carbons (Fsp3) is 0.278. The molecule has 0 aromatic heterocycles. The van der Waals surface area contributed by atoms with Gasteiger partial charge >= 0.3 is 0 Å². The first-order valence-corrected chi connectivity index (χ1v) is 9.17. The predicted molar refractivity (Wildman–Crippen MR) is 102 cm³/mol. The standard InChI is InChI=1S/C18H21BrN2S/c1-3-13(2)15-6-10-17(11-7-15)21-18(20)22-12-14-4-8-16(19)9-5-14/h4-11,13H,3,12H2,1-2H3,(H2,20,21)/t13-/m1/s1. The Kier molecular flexibility index (Phi) is 6.52. The number of rotatable bonds is 5. The van der Waals surface area contributed by atoms with Crippen LogP contribution in [0.3, 0.4) is 0 Å². The van der Waals surface area contributed by atoms with E-state index in [-0.39, 0.29) is 0 Å². The van der Waals surface area contributed by atoms with Crippen LogP contribution in [0, 0.1) is 0 Å². The summed E-state index contributed by atoms with van der Waals surface area (Å²) in [5, 5.41) is 0.596. The number of benzene rings is 2. The Bertz CT molecular complexity index is 621. The number of nitrogens with zero attached hydrogens (tertiary/aromatic N) is 1. The maximum atomic E-state index is 6.01. The molecule has 0 aliphatic heterocycles. The summed E-state index contributed by atoms with van der Waals surface area (Å²) >= 11 is 4.99. The van der Waals surface area contributed by atoms with Gasteiger partial charge < -0.3 is 5.73 Å². The predicted octanol–water partition coefficient (Wildman–Crippen LogP) is 5.84. The van der Waals surface area contributed by atoms with Crippen molar-refractivity contribution in [1.29, 1.82) is 0 Å². The van der Waals surface area contributed by atoms with Gasteiger partial charge in [0.1, 0.15) is 0 Å². The average molecular weight is 377 g/mol. The number of hydrogen-bond donors (Lipinski definition) is 1. The first-order chi connectivity index (χ1) is 10.6. The minimum Gasteiger partial charge on any atom is -0.378 e. The Balaban J connectivity index is 1.95. The number of halogens is 1. The van der Waals surface area contributed by atoms with Crippen molar-refractivity contribution in [3.05, 3.63) is 64.1 Å². The summed E-state index contributed by atoms with van der Waals surface area (Å²) in [7, 11) is 0. The fourth-order valence-corrected chi connectivity index (χ4v) is 2.95. The smallest absolute Gasteiger partial charge is 0.159 e. The second kappa shape index (κ2) is 8.39. The zero-order chi connectivity index (χ0) is 15.9. The number of amidine groups is 1. The van der Waals surface area contributed by atoms with E-state index in [4.69, 9.17) is 5.73 Å². The fourth-order valence-electron chi connectivity index (χ4n) is 2.01. The SMILES string of the molecule is CC[C@@H](C)c1ccc(N=C(N)SCc2ccc(Br)cc2)cc1. The molecule has 4 heteroatoms. The van der Waals surface area contributed by atoms with Gasteiger partial charge in [0, 0.05) is 10.2 Å². The topological polar surface area (TPSA) is 38.4 Å². The average Bonchev–Trinajstić information content (AvgIpc) is 2.54. The van der Waals surface area contributed by atoms with E-state index in [0.717, 1.165) is 22.3 Å². The van der Waals surface area contributed by atoms with Crippen molar-refractivity contribution >= 4 is 38.5 Å². The molecule has 2 aromatic carbocycles. The van der Waals surface area contributed by atoms with E-state index in [2.05, 4.69) is 59.0 Å². The molecule has 0 radical (unpaired) electrons. The molecule has 2 nitrogen and oxygen atoms in total. The largest absolute Gasteiger partial charge is 0.378 e. The summed E-state index contributed by atoms with van der Waals surface area (Å²) in [6.45, 7) is 4.44. The molecule has 0 fully saturated rings. The summed E-state index contributed by atoms with van der Waals surface area (Å²) in [5.41, 5.74) is 9.51. The lowest BCUT2D eigenvalue weighted by Gasteiger charge is -2.08. The summed E-state index contributed by atoms with van der Waals surface area (Å²) in [4.78, 5) is 4.47. The Hall–Kier alpha value is -1.26. The van der Waals surface area contributed by atoms with Gasteiger partial charge in [0.25, 0.3) is 0 Å². The second-order valence-electron chi connectivity index (χ2n) is 5.27. The van der Waals surface area contributed by atoms with Crippen LogP contribution in [0.2, 0.25) is 0 Å². The maximum Gasteiger partial charge on any atom is 0.159 e. The van der Waals surface area contributed by atoms with E-state index < -0.39 is 0 Å². The zero-order valence-electron chi connectivity index (χ0n) is 12.9. The van der Waals surface area contributed by atoms with Gasteiger partial charge in [-0.2, -0.15) is 0 Å². The van der Waals surface area contributed by atoms with Gasteiger partial charge in [0.2, 0.25) is 0 Å². The van der Waals surface area contributed by atoms with Crippen molar-refractivity contribution in [2.24, 2.45) is 10.7 Å². The van der Waals surface area contributed by atoms with Crippen molar-refractivity contribution in [2.75, 3.05) is 0 Å².